The molecule has 0 radical (unpaired) electrons. The Morgan fingerprint density at radius 1 is 1.14 bits per heavy atom. The van der Waals surface area contributed by atoms with E-state index < -0.39 is 75.6 Å². The Hall–Kier alpha value is -3.47. The van der Waals surface area contributed by atoms with Crippen LogP contribution in [0.4, 0.5) is 0 Å². The van der Waals surface area contributed by atoms with E-state index in [-0.39, 0.29) is 17.2 Å². The van der Waals surface area contributed by atoms with Crippen molar-refractivity contribution < 1.29 is 39.9 Å². The van der Waals surface area contributed by atoms with Crippen molar-refractivity contribution in [2.24, 2.45) is 17.6 Å². The minimum atomic E-state index is -2.91. The Balaban J connectivity index is 1.76. The Labute approximate surface area is 213 Å². The van der Waals surface area contributed by atoms with Gasteiger partial charge in [0.25, 0.3) is 5.91 Å². The molecule has 0 saturated heterocycles. The first kappa shape index (κ1) is 25.2. The maximum absolute atomic E-state index is 13.9. The van der Waals surface area contributed by atoms with Crippen LogP contribution in [0.5, 0.6) is 5.75 Å². The summed E-state index contributed by atoms with van der Waals surface area (Å²) < 4.78 is 0. The zero-order valence-corrected chi connectivity index (χ0v) is 20.7. The van der Waals surface area contributed by atoms with Crippen LogP contribution >= 0.6 is 0 Å². The molecule has 5 rings (SSSR count). The number of rotatable bonds is 3. The molecule has 10 heteroatoms. The predicted octanol–water partition coefficient (Wildman–Crippen LogP) is 1.09. The summed E-state index contributed by atoms with van der Waals surface area (Å²) in [5.41, 5.74) is 2.06. The van der Waals surface area contributed by atoms with Gasteiger partial charge in [-0.15, -0.1) is 0 Å². The number of phenolic OH excluding ortho intramolecular Hbond substituents is 1. The van der Waals surface area contributed by atoms with Crippen LogP contribution in [-0.4, -0.2) is 79.7 Å². The fourth-order valence-electron chi connectivity index (χ4n) is 6.83. The highest BCUT2D eigenvalue weighted by Crippen LogP contribution is 2.56. The van der Waals surface area contributed by atoms with Gasteiger partial charge in [0.2, 0.25) is 5.78 Å². The number of aromatic hydroxyl groups is 1. The molecule has 0 heterocycles. The number of carbonyl (C=O) groups excluding carboxylic acids is 3. The lowest BCUT2D eigenvalue weighted by molar-refractivity contribution is -0.162. The summed E-state index contributed by atoms with van der Waals surface area (Å²) in [6.07, 6.45) is 3.93. The Morgan fingerprint density at radius 3 is 2.35 bits per heavy atom. The monoisotopic (exact) mass is 510 g/mol. The fourth-order valence-corrected chi connectivity index (χ4v) is 6.83. The molecule has 37 heavy (non-hydrogen) atoms. The normalized spacial score (nSPS) is 35.1. The Morgan fingerprint density at radius 2 is 1.78 bits per heavy atom. The third-order valence-electron chi connectivity index (χ3n) is 8.57. The van der Waals surface area contributed by atoms with E-state index in [9.17, 15) is 39.9 Å². The number of carbonyl (C=O) groups is 3. The summed E-state index contributed by atoms with van der Waals surface area (Å²) in [6, 6.07) is 2.19. The van der Waals surface area contributed by atoms with Crippen LogP contribution in [0.1, 0.15) is 53.1 Å². The van der Waals surface area contributed by atoms with Gasteiger partial charge in [0.05, 0.1) is 23.6 Å². The zero-order chi connectivity index (χ0) is 27.1. The molecule has 0 saturated carbocycles. The van der Waals surface area contributed by atoms with Crippen molar-refractivity contribution in [2.45, 2.75) is 49.3 Å². The van der Waals surface area contributed by atoms with Gasteiger partial charge in [0, 0.05) is 23.0 Å². The highest BCUT2D eigenvalue weighted by atomic mass is 16.4. The van der Waals surface area contributed by atoms with Crippen LogP contribution in [0, 0.1) is 11.8 Å². The number of nitrogens with two attached hydrogens (primary N) is 1. The maximum Gasteiger partial charge on any atom is 0.255 e. The molecular weight excluding hydrogens is 480 g/mol. The molecule has 1 amide bonds. The van der Waals surface area contributed by atoms with Gasteiger partial charge in [-0.05, 0) is 38.4 Å². The molecule has 4 aliphatic rings. The summed E-state index contributed by atoms with van der Waals surface area (Å²) in [6.45, 7) is 1.71. The van der Waals surface area contributed by atoms with E-state index in [4.69, 9.17) is 5.73 Å². The number of phenols is 1. The van der Waals surface area contributed by atoms with Crippen molar-refractivity contribution in [1.82, 2.24) is 4.90 Å². The quantitative estimate of drug-likeness (QED) is 0.256. The number of allylic oxidation sites excluding steroid dienone is 2. The van der Waals surface area contributed by atoms with Crippen LogP contribution in [0.15, 0.2) is 46.9 Å². The van der Waals surface area contributed by atoms with Gasteiger partial charge < -0.3 is 31.3 Å². The molecule has 7 N–H and O–H groups in total. The highest BCUT2D eigenvalue weighted by molar-refractivity contribution is 6.25. The zero-order valence-electron chi connectivity index (χ0n) is 20.7. The topological polar surface area (TPSA) is 182 Å². The van der Waals surface area contributed by atoms with Crippen molar-refractivity contribution in [2.75, 3.05) is 14.1 Å². The third-order valence-corrected chi connectivity index (χ3v) is 8.57. The highest BCUT2D eigenvalue weighted by Gasteiger charge is 2.67. The van der Waals surface area contributed by atoms with Crippen molar-refractivity contribution in [3.8, 4) is 5.75 Å². The van der Waals surface area contributed by atoms with Gasteiger partial charge in [0.1, 0.15) is 22.8 Å². The number of Topliss-reactive ketones (excluding diaryl/α,β-unsaturated/α-hetero) is 2. The average Bonchev–Trinajstić information content (AvgIpc) is 3.35. The van der Waals surface area contributed by atoms with Gasteiger partial charge >= 0.3 is 0 Å². The van der Waals surface area contributed by atoms with E-state index in [0.29, 0.717) is 11.1 Å². The lowest BCUT2D eigenvalue weighted by Crippen LogP contribution is -2.68. The number of amides is 1. The first-order chi connectivity index (χ1) is 17.3. The molecular formula is C27H30N2O8. The molecule has 4 aliphatic carbocycles. The number of aliphatic hydroxyl groups is 4. The number of aliphatic hydroxyl groups excluding tert-OH is 3. The van der Waals surface area contributed by atoms with Gasteiger partial charge in [0.15, 0.2) is 11.4 Å². The van der Waals surface area contributed by atoms with E-state index in [2.05, 4.69) is 0 Å². The van der Waals surface area contributed by atoms with Gasteiger partial charge in [-0.3, -0.25) is 19.3 Å². The van der Waals surface area contributed by atoms with E-state index in [1.807, 2.05) is 12.2 Å². The van der Waals surface area contributed by atoms with Crippen molar-refractivity contribution in [3.05, 3.63) is 63.6 Å². The van der Waals surface area contributed by atoms with Crippen LogP contribution < -0.4 is 5.73 Å². The number of nitrogens with zero attached hydrogens (tertiary/aromatic N) is 1. The number of ketones is 2. The number of likely N-dealkylation sites (N-methyl/N-ethyl adjacent to an activating group) is 1. The summed E-state index contributed by atoms with van der Waals surface area (Å²) in [4.78, 5) is 40.8. The summed E-state index contributed by atoms with van der Waals surface area (Å²) in [5.74, 6) is -8.84. The van der Waals surface area contributed by atoms with Crippen molar-refractivity contribution >= 4 is 17.5 Å². The first-order valence-corrected chi connectivity index (χ1v) is 12.2. The van der Waals surface area contributed by atoms with E-state index >= 15 is 0 Å². The van der Waals surface area contributed by atoms with E-state index in [0.717, 1.165) is 12.8 Å². The minimum absolute atomic E-state index is 0.0571. The van der Waals surface area contributed by atoms with Crippen LogP contribution in [0.2, 0.25) is 0 Å². The largest absolute Gasteiger partial charge is 0.510 e. The van der Waals surface area contributed by atoms with Gasteiger partial charge in [-0.1, -0.05) is 31.2 Å². The summed E-state index contributed by atoms with van der Waals surface area (Å²) >= 11 is 0. The van der Waals surface area contributed by atoms with Gasteiger partial charge in [-0.2, -0.15) is 0 Å². The minimum Gasteiger partial charge on any atom is -0.510 e. The second-order valence-corrected chi connectivity index (χ2v) is 10.6. The molecule has 0 bridgehead atoms. The number of benzene rings is 1. The smallest absolute Gasteiger partial charge is 0.255 e. The molecule has 196 valence electrons. The third kappa shape index (κ3) is 3.12. The summed E-state index contributed by atoms with van der Waals surface area (Å²) in [7, 11) is 3.00. The fraction of sp³-hybridized carbons (Fsp3) is 0.444. The lowest BCUT2D eigenvalue weighted by atomic mass is 9.55. The van der Waals surface area contributed by atoms with Crippen molar-refractivity contribution in [1.29, 1.82) is 0 Å². The molecule has 1 aromatic carbocycles. The molecule has 10 nitrogen and oxygen atoms in total. The predicted molar refractivity (Wildman–Crippen MR) is 131 cm³/mol. The second-order valence-electron chi connectivity index (χ2n) is 10.6. The molecule has 7 atom stereocenters. The number of hydrogen-bond donors (Lipinski definition) is 6. The maximum atomic E-state index is 13.9. The molecule has 0 fully saturated rings. The SMILES string of the molecule is C[C@@H]1c2ccc(C3C=CCC3)c(O)c2C(=O)C2=C(O)[C@]3(O)C(=O)C(C(N)=O)=C(O)[C@H](N(C)C)[C@@H]3[C@@H](O)[C@H]21. The van der Waals surface area contributed by atoms with Gasteiger partial charge in [-0.25, -0.2) is 0 Å². The number of hydrogen-bond acceptors (Lipinski definition) is 9. The second kappa shape index (κ2) is 8.27. The first-order valence-electron chi connectivity index (χ1n) is 12.2. The molecule has 1 unspecified atom stereocenters. The van der Waals surface area contributed by atoms with Crippen LogP contribution in [0.3, 0.4) is 0 Å². The van der Waals surface area contributed by atoms with Crippen LogP contribution in [0.25, 0.3) is 0 Å². The number of fused-ring (bicyclic) bond motifs is 3. The molecule has 0 aromatic heterocycles. The van der Waals surface area contributed by atoms with Crippen LogP contribution in [-0.2, 0) is 9.59 Å². The number of primary amides is 1. The standard InChI is InChI=1S/C27H30N2O8/c1-10-12-8-9-13(11-6-4-5-7-11)20(30)15(12)21(31)16-14(10)22(32)18-19(29(2)3)23(33)17(26(28)36)25(35)27(18,37)24(16)34/h4,6,8-11,14,18-19,22,30,32-34,37H,5,7H2,1-3H3,(H2,28,36)/t10-,11?,14+,18-,19-,22+,27+/m1/s1. The van der Waals surface area contributed by atoms with Crippen molar-refractivity contribution in [3.63, 3.8) is 0 Å². The van der Waals surface area contributed by atoms with E-state index in [1.54, 1.807) is 19.1 Å². The molecule has 0 aliphatic heterocycles. The Bertz CT molecular complexity index is 1340. The summed E-state index contributed by atoms with van der Waals surface area (Å²) in [5, 5.41) is 56.8. The average molecular weight is 511 g/mol. The lowest BCUT2D eigenvalue weighted by Gasteiger charge is -2.53. The van der Waals surface area contributed by atoms with E-state index in [1.165, 1.54) is 19.0 Å². The molecule has 1 aromatic rings. The molecule has 0 spiro atoms. The Kier molecular flexibility index (Phi) is 5.63.